The first-order valence-corrected chi connectivity index (χ1v) is 8.30. The van der Waals surface area contributed by atoms with E-state index in [1.54, 1.807) is 0 Å². The number of amides is 1. The van der Waals surface area contributed by atoms with Crippen LogP contribution in [-0.4, -0.2) is 15.7 Å². The zero-order chi connectivity index (χ0) is 18.8. The Bertz CT molecular complexity index is 1050. The third-order valence-electron chi connectivity index (χ3n) is 3.43. The molecule has 0 aliphatic heterocycles. The number of carbonyl (C=O) groups excluding carboxylic acids is 1. The van der Waals surface area contributed by atoms with Crippen LogP contribution in [0.15, 0.2) is 53.5 Å². The molecule has 3 aromatic rings. The van der Waals surface area contributed by atoms with E-state index in [4.69, 9.17) is 34.8 Å². The number of carbonyl (C=O) groups is 1. The molecule has 2 aromatic carbocycles. The Morgan fingerprint density at radius 3 is 2.38 bits per heavy atom. The van der Waals surface area contributed by atoms with Crippen LogP contribution >= 0.6 is 34.8 Å². The largest absolute Gasteiger partial charge is 0.322 e. The molecule has 0 bridgehead atoms. The Morgan fingerprint density at radius 2 is 1.73 bits per heavy atom. The van der Waals surface area contributed by atoms with E-state index in [1.165, 1.54) is 42.6 Å². The Labute approximate surface area is 161 Å². The molecule has 26 heavy (non-hydrogen) atoms. The summed E-state index contributed by atoms with van der Waals surface area (Å²) in [6, 6.07) is 9.94. The van der Waals surface area contributed by atoms with E-state index >= 15 is 0 Å². The average molecular weight is 413 g/mol. The van der Waals surface area contributed by atoms with Crippen LogP contribution in [0.5, 0.6) is 0 Å². The highest BCUT2D eigenvalue weighted by Gasteiger charge is 2.11. The van der Waals surface area contributed by atoms with E-state index in [-0.39, 0.29) is 15.1 Å². The van der Waals surface area contributed by atoms with Gasteiger partial charge in [0, 0.05) is 11.3 Å². The molecule has 1 aromatic heterocycles. The van der Waals surface area contributed by atoms with Crippen molar-refractivity contribution in [1.29, 1.82) is 0 Å². The van der Waals surface area contributed by atoms with Gasteiger partial charge in [-0.3, -0.25) is 9.59 Å². The second kappa shape index (κ2) is 7.45. The van der Waals surface area contributed by atoms with Gasteiger partial charge in [0.05, 0.1) is 21.9 Å². The SMILES string of the molecule is O=C(Nc1ccc(F)c(Cl)c1)c1ccc(-n2ncc(Cl)c(Cl)c2=O)cc1. The maximum Gasteiger partial charge on any atom is 0.291 e. The van der Waals surface area contributed by atoms with E-state index in [0.29, 0.717) is 16.9 Å². The molecule has 0 fully saturated rings. The first-order chi connectivity index (χ1) is 12.4. The van der Waals surface area contributed by atoms with Crippen molar-refractivity contribution in [3.63, 3.8) is 0 Å². The molecule has 0 atom stereocenters. The van der Waals surface area contributed by atoms with Crippen molar-refractivity contribution in [3.05, 3.63) is 85.5 Å². The zero-order valence-electron chi connectivity index (χ0n) is 12.8. The van der Waals surface area contributed by atoms with Gasteiger partial charge in [0.25, 0.3) is 11.5 Å². The lowest BCUT2D eigenvalue weighted by Crippen LogP contribution is -2.21. The predicted octanol–water partition coefficient (Wildman–Crippen LogP) is 4.58. The highest BCUT2D eigenvalue weighted by molar-refractivity contribution is 6.41. The van der Waals surface area contributed by atoms with Crippen molar-refractivity contribution in [1.82, 2.24) is 9.78 Å². The topological polar surface area (TPSA) is 64.0 Å². The highest BCUT2D eigenvalue weighted by atomic mass is 35.5. The lowest BCUT2D eigenvalue weighted by molar-refractivity contribution is 0.102. The minimum Gasteiger partial charge on any atom is -0.322 e. The third kappa shape index (κ3) is 3.72. The first-order valence-electron chi connectivity index (χ1n) is 7.17. The van der Waals surface area contributed by atoms with Crippen molar-refractivity contribution in [2.24, 2.45) is 0 Å². The Hall–Kier alpha value is -2.41. The lowest BCUT2D eigenvalue weighted by atomic mass is 10.2. The molecular formula is C17H9Cl3FN3O2. The molecule has 0 saturated heterocycles. The number of anilines is 1. The normalized spacial score (nSPS) is 10.6. The van der Waals surface area contributed by atoms with Gasteiger partial charge >= 0.3 is 0 Å². The fraction of sp³-hybridized carbons (Fsp3) is 0. The van der Waals surface area contributed by atoms with E-state index in [0.717, 1.165) is 10.7 Å². The van der Waals surface area contributed by atoms with E-state index in [1.807, 2.05) is 0 Å². The summed E-state index contributed by atoms with van der Waals surface area (Å²) in [5.41, 5.74) is 0.516. The Morgan fingerprint density at radius 1 is 1.04 bits per heavy atom. The highest BCUT2D eigenvalue weighted by Crippen LogP contribution is 2.20. The standard InChI is InChI=1S/C17H9Cl3FN3O2/c18-12-7-10(3-6-14(12)21)23-16(25)9-1-4-11(5-2-9)24-17(26)15(20)13(19)8-22-24/h1-8H,(H,23,25). The molecule has 0 unspecified atom stereocenters. The lowest BCUT2D eigenvalue weighted by Gasteiger charge is -2.08. The summed E-state index contributed by atoms with van der Waals surface area (Å²) in [5, 5.41) is 6.33. The maximum atomic E-state index is 13.2. The summed E-state index contributed by atoms with van der Waals surface area (Å²) < 4.78 is 14.2. The van der Waals surface area contributed by atoms with Crippen LogP contribution in [0.4, 0.5) is 10.1 Å². The van der Waals surface area contributed by atoms with Gasteiger partial charge in [-0.25, -0.2) is 4.39 Å². The van der Waals surface area contributed by atoms with Crippen molar-refractivity contribution in [2.75, 3.05) is 5.32 Å². The van der Waals surface area contributed by atoms with Crippen molar-refractivity contribution in [3.8, 4) is 5.69 Å². The molecule has 0 aliphatic carbocycles. The summed E-state index contributed by atoms with van der Waals surface area (Å²) in [6.07, 6.45) is 1.25. The van der Waals surface area contributed by atoms with Gasteiger partial charge in [-0.15, -0.1) is 0 Å². The van der Waals surface area contributed by atoms with Gasteiger partial charge in [0.2, 0.25) is 0 Å². The molecule has 0 aliphatic rings. The minimum atomic E-state index is -0.575. The molecule has 9 heteroatoms. The number of hydrogen-bond acceptors (Lipinski definition) is 3. The van der Waals surface area contributed by atoms with Crippen molar-refractivity contribution < 1.29 is 9.18 Å². The smallest absolute Gasteiger partial charge is 0.291 e. The fourth-order valence-corrected chi connectivity index (χ4v) is 2.56. The molecule has 132 valence electrons. The number of rotatable bonds is 3. The zero-order valence-corrected chi connectivity index (χ0v) is 15.1. The van der Waals surface area contributed by atoms with E-state index in [9.17, 15) is 14.0 Å². The molecule has 1 N–H and O–H groups in total. The first kappa shape index (κ1) is 18.4. The van der Waals surface area contributed by atoms with Crippen LogP contribution in [-0.2, 0) is 0 Å². The number of benzene rings is 2. The summed E-state index contributed by atoms with van der Waals surface area (Å²) in [5.74, 6) is -0.998. The summed E-state index contributed by atoms with van der Waals surface area (Å²) >= 11 is 17.3. The molecule has 1 heterocycles. The van der Waals surface area contributed by atoms with E-state index in [2.05, 4.69) is 10.4 Å². The number of nitrogens with one attached hydrogen (secondary N) is 1. The van der Waals surface area contributed by atoms with Crippen molar-refractivity contribution in [2.45, 2.75) is 0 Å². The summed E-state index contributed by atoms with van der Waals surface area (Å²) in [7, 11) is 0. The number of halogens is 4. The number of nitrogens with zero attached hydrogens (tertiary/aromatic N) is 2. The Balaban J connectivity index is 1.83. The van der Waals surface area contributed by atoms with Gasteiger partial charge in [0.1, 0.15) is 10.8 Å². The molecule has 0 radical (unpaired) electrons. The molecule has 0 spiro atoms. The van der Waals surface area contributed by atoms with Crippen LogP contribution in [0.1, 0.15) is 10.4 Å². The van der Waals surface area contributed by atoms with Gasteiger partial charge < -0.3 is 5.32 Å². The quantitative estimate of drug-likeness (QED) is 0.684. The Kier molecular flexibility index (Phi) is 5.27. The summed E-state index contributed by atoms with van der Waals surface area (Å²) in [6.45, 7) is 0. The van der Waals surface area contributed by atoms with Crippen LogP contribution < -0.4 is 10.9 Å². The molecule has 1 amide bonds. The van der Waals surface area contributed by atoms with Gasteiger partial charge in [-0.2, -0.15) is 9.78 Å². The monoisotopic (exact) mass is 411 g/mol. The molecule has 0 saturated carbocycles. The van der Waals surface area contributed by atoms with Crippen LogP contribution in [0.25, 0.3) is 5.69 Å². The average Bonchev–Trinajstić information content (AvgIpc) is 2.63. The maximum absolute atomic E-state index is 13.2. The number of aromatic nitrogens is 2. The van der Waals surface area contributed by atoms with Gasteiger partial charge in [-0.1, -0.05) is 34.8 Å². The third-order valence-corrected chi connectivity index (χ3v) is 4.47. The second-order valence-electron chi connectivity index (χ2n) is 5.15. The summed E-state index contributed by atoms with van der Waals surface area (Å²) in [4.78, 5) is 24.3. The van der Waals surface area contributed by atoms with Gasteiger partial charge in [0.15, 0.2) is 0 Å². The van der Waals surface area contributed by atoms with Crippen LogP contribution in [0.3, 0.4) is 0 Å². The minimum absolute atomic E-state index is 0.0573. The van der Waals surface area contributed by atoms with Crippen molar-refractivity contribution >= 4 is 46.4 Å². The van der Waals surface area contributed by atoms with E-state index < -0.39 is 17.3 Å². The molecule has 5 nitrogen and oxygen atoms in total. The van der Waals surface area contributed by atoms with Crippen LogP contribution in [0, 0.1) is 5.82 Å². The fourth-order valence-electron chi connectivity index (χ4n) is 2.13. The molecular weight excluding hydrogens is 404 g/mol. The van der Waals surface area contributed by atoms with Crippen LogP contribution in [0.2, 0.25) is 15.1 Å². The predicted molar refractivity (Wildman–Crippen MR) is 99.2 cm³/mol. The second-order valence-corrected chi connectivity index (χ2v) is 6.35. The number of hydrogen-bond donors (Lipinski definition) is 1. The molecule has 3 rings (SSSR count). The van der Waals surface area contributed by atoms with Gasteiger partial charge in [-0.05, 0) is 42.5 Å².